The second-order valence-electron chi connectivity index (χ2n) is 9.84. The number of hydrogen-bond acceptors (Lipinski definition) is 9. The number of cyclic esters (lactones) is 1. The number of rotatable bonds is 8. The first-order valence-corrected chi connectivity index (χ1v) is 13.1. The second-order valence-corrected chi connectivity index (χ2v) is 9.84. The molecule has 5 atom stereocenters. The van der Waals surface area contributed by atoms with Gasteiger partial charge in [0, 0.05) is 51.0 Å². The number of hydrazine groups is 1. The Morgan fingerprint density at radius 2 is 1.95 bits per heavy atom. The first-order chi connectivity index (χ1) is 18.0. The molecule has 5 N–H and O–H groups in total. The third-order valence-corrected chi connectivity index (χ3v) is 6.06. The minimum Gasteiger partial charge on any atom is -0.442 e. The molecule has 3 rings (SSSR count). The summed E-state index contributed by atoms with van der Waals surface area (Å²) in [5.74, 6) is 5.65. The molecule has 5 unspecified atom stereocenters. The standard InChI is InChI=1S/C22H34FN5O4.C3H8.C2H6O/c1-14-9-20(15(2)21(29)31-14)26(3)8-7-17(24)11-27(25)12-19-13-28(22(30)32-19)18-6-4-5-16(23)10-18;2*1-3-2/h4-6,10-11,14-15,19-21,29H,7-9,12-13,24-25H2,1-3H3;3H2,1-2H3;1-2H3/b17-11-;;. The predicted molar refractivity (Wildman–Crippen MR) is 147 cm³/mol. The molecule has 0 saturated carbocycles. The van der Waals surface area contributed by atoms with Crippen molar-refractivity contribution in [3.8, 4) is 0 Å². The normalized spacial score (nSPS) is 25.2. The minimum atomic E-state index is -0.764. The number of halogens is 1. The van der Waals surface area contributed by atoms with E-state index in [0.29, 0.717) is 24.4 Å². The van der Waals surface area contributed by atoms with Crippen molar-refractivity contribution < 1.29 is 28.5 Å². The van der Waals surface area contributed by atoms with E-state index in [1.54, 1.807) is 32.6 Å². The predicted octanol–water partition coefficient (Wildman–Crippen LogP) is 3.26. The van der Waals surface area contributed by atoms with Gasteiger partial charge in [0.15, 0.2) is 6.29 Å². The lowest BCUT2D eigenvalue weighted by Gasteiger charge is -2.41. The summed E-state index contributed by atoms with van der Waals surface area (Å²) >= 11 is 0. The number of nitrogens with zero attached hydrogens (tertiary/aromatic N) is 3. The summed E-state index contributed by atoms with van der Waals surface area (Å²) in [5, 5.41) is 11.5. The van der Waals surface area contributed by atoms with Crippen molar-refractivity contribution in [1.29, 1.82) is 0 Å². The van der Waals surface area contributed by atoms with Gasteiger partial charge in [-0.2, -0.15) is 0 Å². The lowest BCUT2D eigenvalue weighted by Crippen LogP contribution is -2.49. The number of aliphatic hydroxyl groups excluding tert-OH is 1. The van der Waals surface area contributed by atoms with Gasteiger partial charge in [0.1, 0.15) is 11.9 Å². The molecule has 11 heteroatoms. The van der Waals surface area contributed by atoms with E-state index >= 15 is 0 Å². The maximum atomic E-state index is 13.5. The summed E-state index contributed by atoms with van der Waals surface area (Å²) in [6.45, 7) is 9.43. The highest BCUT2D eigenvalue weighted by atomic mass is 19.1. The number of anilines is 1. The Morgan fingerprint density at radius 1 is 1.32 bits per heavy atom. The van der Waals surface area contributed by atoms with Crippen LogP contribution in [0.25, 0.3) is 0 Å². The minimum absolute atomic E-state index is 0.00198. The first kappa shape index (κ1) is 33.6. The molecule has 38 heavy (non-hydrogen) atoms. The Bertz CT molecular complexity index is 859. The lowest BCUT2D eigenvalue weighted by atomic mass is 9.91. The van der Waals surface area contributed by atoms with Crippen LogP contribution in [0, 0.1) is 11.7 Å². The maximum Gasteiger partial charge on any atom is 0.414 e. The van der Waals surface area contributed by atoms with Gasteiger partial charge in [-0.05, 0) is 38.6 Å². The Labute approximate surface area is 227 Å². The van der Waals surface area contributed by atoms with E-state index in [1.165, 1.54) is 28.5 Å². The van der Waals surface area contributed by atoms with Crippen molar-refractivity contribution in [2.75, 3.05) is 45.8 Å². The Kier molecular flexibility index (Phi) is 15.2. The van der Waals surface area contributed by atoms with Crippen LogP contribution in [0.2, 0.25) is 0 Å². The molecule has 1 aromatic carbocycles. The second kappa shape index (κ2) is 17.2. The molecule has 10 nitrogen and oxygen atoms in total. The molecule has 2 aliphatic heterocycles. The molecular weight excluding hydrogens is 493 g/mol. The number of carbonyl (C=O) groups excluding carboxylic acids is 1. The summed E-state index contributed by atoms with van der Waals surface area (Å²) in [7, 11) is 5.26. The molecular formula is C27H48FN5O5. The van der Waals surface area contributed by atoms with E-state index in [4.69, 9.17) is 21.1 Å². The van der Waals surface area contributed by atoms with E-state index in [2.05, 4.69) is 23.5 Å². The van der Waals surface area contributed by atoms with Crippen molar-refractivity contribution >= 4 is 11.8 Å². The quantitative estimate of drug-likeness (QED) is 0.336. The van der Waals surface area contributed by atoms with Gasteiger partial charge >= 0.3 is 6.09 Å². The van der Waals surface area contributed by atoms with Gasteiger partial charge in [0.25, 0.3) is 0 Å². The van der Waals surface area contributed by atoms with Gasteiger partial charge in [-0.1, -0.05) is 33.3 Å². The van der Waals surface area contributed by atoms with Crippen LogP contribution >= 0.6 is 0 Å². The van der Waals surface area contributed by atoms with Crippen LogP contribution in [0.15, 0.2) is 36.2 Å². The van der Waals surface area contributed by atoms with Crippen molar-refractivity contribution in [2.45, 2.75) is 71.5 Å². The molecule has 0 aromatic heterocycles. The monoisotopic (exact) mass is 541 g/mol. The third-order valence-electron chi connectivity index (χ3n) is 6.06. The fourth-order valence-corrected chi connectivity index (χ4v) is 4.25. The van der Waals surface area contributed by atoms with Crippen LogP contribution < -0.4 is 16.5 Å². The van der Waals surface area contributed by atoms with E-state index in [-0.39, 0.29) is 31.2 Å². The number of hydrogen-bond donors (Lipinski definition) is 3. The van der Waals surface area contributed by atoms with Crippen LogP contribution in [0.4, 0.5) is 14.9 Å². The maximum absolute atomic E-state index is 13.5. The molecule has 1 amide bonds. The molecule has 218 valence electrons. The number of ether oxygens (including phenoxy) is 3. The zero-order valence-corrected chi connectivity index (χ0v) is 24.0. The molecule has 0 spiro atoms. The Balaban J connectivity index is 0.00000110. The van der Waals surface area contributed by atoms with E-state index in [1.807, 2.05) is 20.9 Å². The van der Waals surface area contributed by atoms with Crippen molar-refractivity contribution in [3.05, 3.63) is 42.0 Å². The smallest absolute Gasteiger partial charge is 0.414 e. The van der Waals surface area contributed by atoms with E-state index in [0.717, 1.165) is 6.42 Å². The van der Waals surface area contributed by atoms with Crippen molar-refractivity contribution in [3.63, 3.8) is 0 Å². The van der Waals surface area contributed by atoms with Crippen LogP contribution in [0.1, 0.15) is 47.0 Å². The molecule has 0 aliphatic carbocycles. The average molecular weight is 542 g/mol. The summed E-state index contributed by atoms with van der Waals surface area (Å²) < 4.78 is 28.5. The van der Waals surface area contributed by atoms with Crippen LogP contribution in [-0.2, 0) is 14.2 Å². The lowest BCUT2D eigenvalue weighted by molar-refractivity contribution is -0.204. The van der Waals surface area contributed by atoms with Crippen molar-refractivity contribution in [1.82, 2.24) is 9.91 Å². The first-order valence-electron chi connectivity index (χ1n) is 13.1. The number of methoxy groups -OCH3 is 1. The molecule has 1 aromatic rings. The van der Waals surface area contributed by atoms with Gasteiger partial charge in [0.2, 0.25) is 0 Å². The molecule has 2 heterocycles. The highest BCUT2D eigenvalue weighted by molar-refractivity contribution is 5.89. The van der Waals surface area contributed by atoms with Gasteiger partial charge in [-0.25, -0.2) is 15.0 Å². The third kappa shape index (κ3) is 11.1. The molecule has 2 fully saturated rings. The summed E-state index contributed by atoms with van der Waals surface area (Å²) in [6, 6.07) is 6.00. The average Bonchev–Trinajstić information content (AvgIpc) is 3.20. The fourth-order valence-electron chi connectivity index (χ4n) is 4.25. The van der Waals surface area contributed by atoms with Crippen LogP contribution in [0.5, 0.6) is 0 Å². The summed E-state index contributed by atoms with van der Waals surface area (Å²) in [6.07, 6.45) is 2.57. The number of aliphatic hydroxyl groups is 1. The number of amides is 1. The van der Waals surface area contributed by atoms with Gasteiger partial charge < -0.3 is 35.0 Å². The SMILES string of the molecule is CC1CC(N(C)CC/C(N)=C/N(N)CC2CN(c3cccc(F)c3)C(=O)O2)C(C)C(O)O1.CCC.COC. The summed E-state index contributed by atoms with van der Waals surface area (Å²) in [4.78, 5) is 15.7. The number of nitrogens with two attached hydrogens (primary N) is 2. The van der Waals surface area contributed by atoms with Crippen LogP contribution in [-0.4, -0.2) is 86.5 Å². The molecule has 2 aliphatic rings. The highest BCUT2D eigenvalue weighted by Crippen LogP contribution is 2.27. The topological polar surface area (TPSA) is 127 Å². The van der Waals surface area contributed by atoms with Gasteiger partial charge in [-0.15, -0.1) is 0 Å². The molecule has 0 bridgehead atoms. The Morgan fingerprint density at radius 3 is 2.55 bits per heavy atom. The van der Waals surface area contributed by atoms with E-state index < -0.39 is 24.3 Å². The molecule has 0 radical (unpaired) electrons. The zero-order valence-electron chi connectivity index (χ0n) is 24.0. The summed E-state index contributed by atoms with van der Waals surface area (Å²) in [5.41, 5.74) is 7.20. The molecule has 2 saturated heterocycles. The van der Waals surface area contributed by atoms with Gasteiger partial charge in [0.05, 0.1) is 24.9 Å². The largest absolute Gasteiger partial charge is 0.442 e. The Hall–Kier alpha value is -2.44. The highest BCUT2D eigenvalue weighted by Gasteiger charge is 2.35. The fraction of sp³-hybridized carbons (Fsp3) is 0.667. The van der Waals surface area contributed by atoms with E-state index in [9.17, 15) is 14.3 Å². The number of benzene rings is 1. The zero-order chi connectivity index (χ0) is 28.8. The van der Waals surface area contributed by atoms with Gasteiger partial charge in [-0.3, -0.25) is 4.90 Å². The van der Waals surface area contributed by atoms with Crippen molar-refractivity contribution in [2.24, 2.45) is 17.5 Å². The van der Waals surface area contributed by atoms with Crippen LogP contribution in [0.3, 0.4) is 0 Å². The number of carbonyl (C=O) groups is 1.